The van der Waals surface area contributed by atoms with E-state index >= 15 is 0 Å². The highest BCUT2D eigenvalue weighted by Gasteiger charge is 2.18. The Morgan fingerprint density at radius 2 is 2.10 bits per heavy atom. The first-order valence-electron chi connectivity index (χ1n) is 7.09. The average molecular weight is 279 g/mol. The Morgan fingerprint density at radius 1 is 1.40 bits per heavy atom. The molecule has 112 valence electrons. The minimum absolute atomic E-state index is 0.00508. The average Bonchev–Trinajstić information content (AvgIpc) is 2.37. The molecule has 0 aliphatic rings. The molecule has 1 aromatic rings. The number of carboxylic acids is 1. The third-order valence-electron chi connectivity index (χ3n) is 3.34. The Balaban J connectivity index is 2.64. The number of nitrogens with zero attached hydrogens (tertiary/aromatic N) is 1. The molecule has 1 heterocycles. The lowest BCUT2D eigenvalue weighted by Crippen LogP contribution is -2.24. The van der Waals surface area contributed by atoms with Gasteiger partial charge < -0.3 is 16.2 Å². The van der Waals surface area contributed by atoms with Crippen LogP contribution >= 0.6 is 0 Å². The van der Waals surface area contributed by atoms with Crippen LogP contribution in [-0.4, -0.2) is 22.6 Å². The van der Waals surface area contributed by atoms with Crippen molar-refractivity contribution in [3.05, 3.63) is 17.8 Å². The molecule has 5 nitrogen and oxygen atoms in total. The molecule has 0 aliphatic carbocycles. The molecule has 5 heteroatoms. The van der Waals surface area contributed by atoms with E-state index in [4.69, 9.17) is 10.8 Å². The van der Waals surface area contributed by atoms with Crippen LogP contribution in [0.15, 0.2) is 12.1 Å². The molecule has 0 fully saturated rings. The van der Waals surface area contributed by atoms with Crippen molar-refractivity contribution in [3.8, 4) is 0 Å². The summed E-state index contributed by atoms with van der Waals surface area (Å²) in [5.41, 5.74) is 6.43. The van der Waals surface area contributed by atoms with E-state index < -0.39 is 5.97 Å². The summed E-state index contributed by atoms with van der Waals surface area (Å²) in [4.78, 5) is 14.9. The van der Waals surface area contributed by atoms with Gasteiger partial charge in [0.15, 0.2) is 5.69 Å². The van der Waals surface area contributed by atoms with Crippen molar-refractivity contribution in [2.75, 3.05) is 17.6 Å². The van der Waals surface area contributed by atoms with E-state index in [-0.39, 0.29) is 11.1 Å². The lowest BCUT2D eigenvalue weighted by molar-refractivity contribution is 0.0690. The van der Waals surface area contributed by atoms with Crippen molar-refractivity contribution >= 4 is 17.5 Å². The fourth-order valence-corrected chi connectivity index (χ4v) is 2.00. The van der Waals surface area contributed by atoms with Gasteiger partial charge in [-0.25, -0.2) is 9.78 Å². The fourth-order valence-electron chi connectivity index (χ4n) is 2.00. The molecule has 0 atom stereocenters. The number of hydrogen-bond donors (Lipinski definition) is 3. The second kappa shape index (κ2) is 7.12. The van der Waals surface area contributed by atoms with Gasteiger partial charge in [-0.3, -0.25) is 0 Å². The second-order valence-corrected chi connectivity index (χ2v) is 5.91. The number of carboxylic acid groups (broad SMARTS) is 1. The summed E-state index contributed by atoms with van der Waals surface area (Å²) in [6.07, 6.45) is 4.76. The number of carbonyl (C=O) groups is 1. The van der Waals surface area contributed by atoms with Crippen LogP contribution in [0.2, 0.25) is 0 Å². The van der Waals surface area contributed by atoms with Gasteiger partial charge in [0.25, 0.3) is 0 Å². The molecule has 0 spiro atoms. The Hall–Kier alpha value is -1.78. The normalized spacial score (nSPS) is 11.3. The van der Waals surface area contributed by atoms with E-state index in [1.54, 1.807) is 6.07 Å². The van der Waals surface area contributed by atoms with Crippen LogP contribution in [0.3, 0.4) is 0 Å². The predicted molar refractivity (Wildman–Crippen MR) is 82.0 cm³/mol. The molecule has 4 N–H and O–H groups in total. The highest BCUT2D eigenvalue weighted by Crippen LogP contribution is 2.25. The van der Waals surface area contributed by atoms with Crippen molar-refractivity contribution in [2.24, 2.45) is 5.41 Å². The summed E-state index contributed by atoms with van der Waals surface area (Å²) in [5.74, 6) is -0.594. The number of nitrogen functional groups attached to an aromatic ring is 1. The molecule has 0 saturated carbocycles. The van der Waals surface area contributed by atoms with Crippen LogP contribution in [0.5, 0.6) is 0 Å². The van der Waals surface area contributed by atoms with Crippen molar-refractivity contribution in [1.29, 1.82) is 0 Å². The predicted octanol–water partition coefficient (Wildman–Crippen LogP) is 3.38. The van der Waals surface area contributed by atoms with Crippen LogP contribution in [0.25, 0.3) is 0 Å². The zero-order valence-corrected chi connectivity index (χ0v) is 12.6. The number of hydrogen-bond acceptors (Lipinski definition) is 4. The van der Waals surface area contributed by atoms with Gasteiger partial charge in [0.05, 0.1) is 5.69 Å². The van der Waals surface area contributed by atoms with Crippen LogP contribution < -0.4 is 11.1 Å². The lowest BCUT2D eigenvalue weighted by Gasteiger charge is -2.25. The van der Waals surface area contributed by atoms with Gasteiger partial charge in [-0.05, 0) is 24.0 Å². The number of unbranched alkanes of at least 4 members (excludes halogenated alkanes) is 2. The standard InChI is InChI=1S/C15H25N3O2/c1-4-5-6-9-15(2,3)10-17-13-11(16)7-8-12(18-13)14(19)20/h7-8H,4-6,9-10,16H2,1-3H3,(H,17,18)(H,19,20). The topological polar surface area (TPSA) is 88.2 Å². The van der Waals surface area contributed by atoms with Gasteiger partial charge >= 0.3 is 5.97 Å². The molecule has 20 heavy (non-hydrogen) atoms. The van der Waals surface area contributed by atoms with Gasteiger partial charge in [-0.1, -0.05) is 40.0 Å². The van der Waals surface area contributed by atoms with E-state index in [1.165, 1.54) is 25.3 Å². The maximum absolute atomic E-state index is 10.9. The Kier molecular flexibility index (Phi) is 5.80. The molecule has 0 radical (unpaired) electrons. The van der Waals surface area contributed by atoms with Crippen molar-refractivity contribution in [1.82, 2.24) is 4.98 Å². The van der Waals surface area contributed by atoms with Crippen molar-refractivity contribution in [2.45, 2.75) is 46.5 Å². The number of nitrogens with two attached hydrogens (primary N) is 1. The second-order valence-electron chi connectivity index (χ2n) is 5.91. The molecule has 0 saturated heterocycles. The molecule has 0 bridgehead atoms. The first-order chi connectivity index (χ1) is 9.35. The number of rotatable bonds is 8. The maximum atomic E-state index is 10.9. The summed E-state index contributed by atoms with van der Waals surface area (Å²) < 4.78 is 0. The number of aromatic carboxylic acids is 1. The Bertz CT molecular complexity index is 458. The zero-order valence-electron chi connectivity index (χ0n) is 12.6. The maximum Gasteiger partial charge on any atom is 0.354 e. The van der Waals surface area contributed by atoms with Gasteiger partial charge in [0, 0.05) is 6.54 Å². The zero-order chi connectivity index (χ0) is 15.2. The molecule has 0 amide bonds. The van der Waals surface area contributed by atoms with Crippen molar-refractivity contribution in [3.63, 3.8) is 0 Å². The molecule has 0 aliphatic heterocycles. The third-order valence-corrected chi connectivity index (χ3v) is 3.34. The third kappa shape index (κ3) is 5.07. The van der Waals surface area contributed by atoms with Crippen LogP contribution in [0.1, 0.15) is 56.9 Å². The molecule has 1 rings (SSSR count). The van der Waals surface area contributed by atoms with E-state index in [2.05, 4.69) is 31.1 Å². The number of pyridine rings is 1. The van der Waals surface area contributed by atoms with Crippen LogP contribution in [0, 0.1) is 5.41 Å². The van der Waals surface area contributed by atoms with Crippen LogP contribution in [0.4, 0.5) is 11.5 Å². The van der Waals surface area contributed by atoms with Crippen LogP contribution in [-0.2, 0) is 0 Å². The summed E-state index contributed by atoms with van der Waals surface area (Å²) in [6.45, 7) is 7.28. The van der Waals surface area contributed by atoms with Gasteiger partial charge in [0.2, 0.25) is 0 Å². The largest absolute Gasteiger partial charge is 0.477 e. The monoisotopic (exact) mass is 279 g/mol. The molecular formula is C15H25N3O2. The van der Waals surface area contributed by atoms with E-state index in [0.717, 1.165) is 13.0 Å². The highest BCUT2D eigenvalue weighted by atomic mass is 16.4. The number of nitrogens with one attached hydrogen (secondary N) is 1. The minimum atomic E-state index is -1.05. The fraction of sp³-hybridized carbons (Fsp3) is 0.600. The van der Waals surface area contributed by atoms with E-state index in [9.17, 15) is 4.79 Å². The van der Waals surface area contributed by atoms with Gasteiger partial charge in [-0.15, -0.1) is 0 Å². The molecule has 0 aromatic carbocycles. The number of aromatic nitrogens is 1. The smallest absolute Gasteiger partial charge is 0.354 e. The Labute approximate surface area is 120 Å². The van der Waals surface area contributed by atoms with E-state index in [1.807, 2.05) is 0 Å². The van der Waals surface area contributed by atoms with Gasteiger partial charge in [0.1, 0.15) is 5.82 Å². The Morgan fingerprint density at radius 3 is 2.70 bits per heavy atom. The molecular weight excluding hydrogens is 254 g/mol. The summed E-state index contributed by atoms with van der Waals surface area (Å²) in [7, 11) is 0. The SMILES string of the molecule is CCCCCC(C)(C)CNc1nc(C(=O)O)ccc1N. The first kappa shape index (κ1) is 16.3. The summed E-state index contributed by atoms with van der Waals surface area (Å²) >= 11 is 0. The molecule has 0 unspecified atom stereocenters. The number of anilines is 2. The van der Waals surface area contributed by atoms with Crippen molar-refractivity contribution < 1.29 is 9.90 Å². The summed E-state index contributed by atoms with van der Waals surface area (Å²) in [6, 6.07) is 2.98. The highest BCUT2D eigenvalue weighted by molar-refractivity contribution is 5.86. The molecule has 1 aromatic heterocycles. The lowest BCUT2D eigenvalue weighted by atomic mass is 9.87. The quantitative estimate of drug-likeness (QED) is 0.635. The van der Waals surface area contributed by atoms with Gasteiger partial charge in [-0.2, -0.15) is 0 Å². The summed E-state index contributed by atoms with van der Waals surface area (Å²) in [5, 5.41) is 12.1. The van der Waals surface area contributed by atoms with E-state index in [0.29, 0.717) is 11.5 Å². The minimum Gasteiger partial charge on any atom is -0.477 e. The first-order valence-corrected chi connectivity index (χ1v) is 7.09.